The van der Waals surface area contributed by atoms with Gasteiger partial charge in [-0.25, -0.2) is 4.79 Å². The third-order valence-electron chi connectivity index (χ3n) is 3.22. The molecule has 18 heavy (non-hydrogen) atoms. The minimum absolute atomic E-state index is 0.352. The smallest absolute Gasteiger partial charge is 0.404 e. The second-order valence-electron chi connectivity index (χ2n) is 4.63. The average Bonchev–Trinajstić information content (AvgIpc) is 2.33. The first-order valence-electron chi connectivity index (χ1n) is 6.09. The quantitative estimate of drug-likeness (QED) is 0.745. The zero-order chi connectivity index (χ0) is 13.0. The van der Waals surface area contributed by atoms with Crippen LogP contribution >= 0.6 is 0 Å². The van der Waals surface area contributed by atoms with Gasteiger partial charge in [0.25, 0.3) is 0 Å². The van der Waals surface area contributed by atoms with Gasteiger partial charge in [0.2, 0.25) is 0 Å². The molecule has 5 heteroatoms. The number of aliphatic hydroxyl groups excluding tert-OH is 1. The molecule has 3 N–H and O–H groups in total. The fourth-order valence-electron chi connectivity index (χ4n) is 2.31. The van der Waals surface area contributed by atoms with Crippen molar-refractivity contribution in [1.29, 1.82) is 0 Å². The lowest BCUT2D eigenvalue weighted by molar-refractivity contribution is 0.0374. The summed E-state index contributed by atoms with van der Waals surface area (Å²) in [5.74, 6) is 0. The monoisotopic (exact) mass is 250 g/mol. The molecule has 2 rings (SSSR count). The van der Waals surface area contributed by atoms with Gasteiger partial charge in [0.05, 0.1) is 12.1 Å². The van der Waals surface area contributed by atoms with E-state index in [1.165, 1.54) is 5.56 Å². The highest BCUT2D eigenvalue weighted by molar-refractivity contribution is 5.64. The zero-order valence-corrected chi connectivity index (χ0v) is 10.1. The van der Waals surface area contributed by atoms with Crippen molar-refractivity contribution in [1.82, 2.24) is 10.2 Å². The molecule has 0 bridgehead atoms. The summed E-state index contributed by atoms with van der Waals surface area (Å²) in [5, 5.41) is 20.9. The van der Waals surface area contributed by atoms with Crippen LogP contribution in [0.2, 0.25) is 0 Å². The Hall–Kier alpha value is -1.59. The molecule has 2 atom stereocenters. The molecule has 0 aliphatic carbocycles. The van der Waals surface area contributed by atoms with Gasteiger partial charge < -0.3 is 15.5 Å². The van der Waals surface area contributed by atoms with Crippen molar-refractivity contribution in [2.45, 2.75) is 25.1 Å². The van der Waals surface area contributed by atoms with Crippen LogP contribution in [0, 0.1) is 0 Å². The van der Waals surface area contributed by atoms with Crippen LogP contribution in [0.4, 0.5) is 4.79 Å². The van der Waals surface area contributed by atoms with E-state index in [0.717, 1.165) is 13.1 Å². The summed E-state index contributed by atoms with van der Waals surface area (Å²) in [5.41, 5.74) is 1.20. The first-order valence-corrected chi connectivity index (χ1v) is 6.09. The van der Waals surface area contributed by atoms with E-state index < -0.39 is 12.2 Å². The molecule has 5 nitrogen and oxygen atoms in total. The van der Waals surface area contributed by atoms with Crippen molar-refractivity contribution in [3.8, 4) is 0 Å². The Kier molecular flexibility index (Phi) is 4.17. The van der Waals surface area contributed by atoms with E-state index in [1.807, 2.05) is 30.3 Å². The van der Waals surface area contributed by atoms with Crippen LogP contribution in [0.15, 0.2) is 30.3 Å². The molecule has 1 saturated heterocycles. The summed E-state index contributed by atoms with van der Waals surface area (Å²) in [4.78, 5) is 12.7. The molecule has 98 valence electrons. The molecule has 1 aromatic rings. The van der Waals surface area contributed by atoms with Crippen molar-refractivity contribution < 1.29 is 15.0 Å². The van der Waals surface area contributed by atoms with Crippen LogP contribution in [0.25, 0.3) is 0 Å². The second-order valence-corrected chi connectivity index (χ2v) is 4.63. The summed E-state index contributed by atoms with van der Waals surface area (Å²) < 4.78 is 0. The van der Waals surface area contributed by atoms with Gasteiger partial charge in [0.1, 0.15) is 0 Å². The first-order chi connectivity index (χ1) is 8.65. The first kappa shape index (κ1) is 12.9. The minimum Gasteiger partial charge on any atom is -0.465 e. The topological polar surface area (TPSA) is 72.8 Å². The maximum atomic E-state index is 10.5. The molecule has 1 fully saturated rings. The number of piperidine rings is 1. The molecular weight excluding hydrogens is 232 g/mol. The van der Waals surface area contributed by atoms with Gasteiger partial charge >= 0.3 is 6.09 Å². The van der Waals surface area contributed by atoms with Gasteiger partial charge in [0.15, 0.2) is 0 Å². The fourth-order valence-corrected chi connectivity index (χ4v) is 2.31. The number of rotatable bonds is 3. The van der Waals surface area contributed by atoms with Crippen molar-refractivity contribution in [2.24, 2.45) is 0 Å². The highest BCUT2D eigenvalue weighted by atomic mass is 16.4. The van der Waals surface area contributed by atoms with Crippen LogP contribution in [0.3, 0.4) is 0 Å². The average molecular weight is 250 g/mol. The predicted octanol–water partition coefficient (Wildman–Crippen LogP) is 0.889. The van der Waals surface area contributed by atoms with Gasteiger partial charge in [-0.2, -0.15) is 0 Å². The highest BCUT2D eigenvalue weighted by Crippen LogP contribution is 2.14. The maximum absolute atomic E-state index is 10.5. The number of carboxylic acid groups (broad SMARTS) is 1. The molecule has 1 aromatic carbocycles. The number of β-amino-alcohol motifs (C(OH)–C–C–N with tert-alkyl or cyclic N) is 1. The van der Waals surface area contributed by atoms with Crippen molar-refractivity contribution in [3.63, 3.8) is 0 Å². The van der Waals surface area contributed by atoms with E-state index >= 15 is 0 Å². The summed E-state index contributed by atoms with van der Waals surface area (Å²) in [7, 11) is 0. The lowest BCUT2D eigenvalue weighted by Gasteiger charge is -2.35. The van der Waals surface area contributed by atoms with Crippen LogP contribution < -0.4 is 5.32 Å². The number of hydrogen-bond donors (Lipinski definition) is 3. The van der Waals surface area contributed by atoms with Gasteiger partial charge in [-0.05, 0) is 12.0 Å². The zero-order valence-electron chi connectivity index (χ0n) is 10.1. The summed E-state index contributed by atoms with van der Waals surface area (Å²) in [6, 6.07) is 9.70. The molecule has 0 saturated carbocycles. The molecule has 0 radical (unpaired) electrons. The van der Waals surface area contributed by atoms with Crippen molar-refractivity contribution in [3.05, 3.63) is 35.9 Å². The Morgan fingerprint density at radius 1 is 1.39 bits per heavy atom. The molecule has 0 aromatic heterocycles. The lowest BCUT2D eigenvalue weighted by atomic mass is 10.0. The number of hydrogen-bond acceptors (Lipinski definition) is 3. The summed E-state index contributed by atoms with van der Waals surface area (Å²) in [6.07, 6.45) is -1.07. The van der Waals surface area contributed by atoms with Crippen molar-refractivity contribution in [2.75, 3.05) is 13.1 Å². The van der Waals surface area contributed by atoms with Crippen LogP contribution in [-0.4, -0.2) is 46.4 Å². The maximum Gasteiger partial charge on any atom is 0.404 e. The fraction of sp³-hybridized carbons (Fsp3) is 0.462. The second kappa shape index (κ2) is 5.84. The number of nitrogens with one attached hydrogen (secondary N) is 1. The van der Waals surface area contributed by atoms with E-state index in [2.05, 4.69) is 10.2 Å². The normalized spacial score (nSPS) is 24.7. The van der Waals surface area contributed by atoms with Crippen LogP contribution in [-0.2, 0) is 6.54 Å². The van der Waals surface area contributed by atoms with Gasteiger partial charge in [0, 0.05) is 19.6 Å². The SMILES string of the molecule is O=C(O)N[C@H]1CCN(Cc2ccccc2)C[C@H]1O. The molecule has 1 aliphatic rings. The third kappa shape index (κ3) is 3.45. The number of aliphatic hydroxyl groups is 1. The lowest BCUT2D eigenvalue weighted by Crippen LogP contribution is -2.53. The molecule has 1 aliphatic heterocycles. The van der Waals surface area contributed by atoms with Crippen LogP contribution in [0.1, 0.15) is 12.0 Å². The van der Waals surface area contributed by atoms with Gasteiger partial charge in [-0.3, -0.25) is 4.90 Å². The predicted molar refractivity (Wildman–Crippen MR) is 67.3 cm³/mol. The van der Waals surface area contributed by atoms with Gasteiger partial charge in [-0.15, -0.1) is 0 Å². The Balaban J connectivity index is 1.86. The molecule has 1 amide bonds. The van der Waals surface area contributed by atoms with E-state index in [-0.39, 0.29) is 6.04 Å². The number of carbonyl (C=O) groups is 1. The molecular formula is C13H18N2O3. The largest absolute Gasteiger partial charge is 0.465 e. The Bertz CT molecular complexity index is 396. The van der Waals surface area contributed by atoms with E-state index in [1.54, 1.807) is 0 Å². The molecule has 1 heterocycles. The number of amides is 1. The standard InChI is InChI=1S/C13H18N2O3/c16-12-9-15(7-6-11(12)14-13(17)18)8-10-4-2-1-3-5-10/h1-5,11-12,14,16H,6-9H2,(H,17,18)/t11-,12+/m0/s1. The Labute approximate surface area is 106 Å². The summed E-state index contributed by atoms with van der Waals surface area (Å²) >= 11 is 0. The van der Waals surface area contributed by atoms with Crippen molar-refractivity contribution >= 4 is 6.09 Å². The minimum atomic E-state index is -1.07. The number of nitrogens with zero attached hydrogens (tertiary/aromatic N) is 1. The number of benzene rings is 1. The van der Waals surface area contributed by atoms with E-state index in [0.29, 0.717) is 13.0 Å². The molecule has 0 spiro atoms. The Morgan fingerprint density at radius 2 is 2.11 bits per heavy atom. The van der Waals surface area contributed by atoms with E-state index in [4.69, 9.17) is 5.11 Å². The molecule has 0 unspecified atom stereocenters. The third-order valence-corrected chi connectivity index (χ3v) is 3.22. The van der Waals surface area contributed by atoms with E-state index in [9.17, 15) is 9.90 Å². The highest BCUT2D eigenvalue weighted by Gasteiger charge is 2.28. The number of likely N-dealkylation sites (tertiary alicyclic amines) is 1. The van der Waals surface area contributed by atoms with Gasteiger partial charge in [-0.1, -0.05) is 30.3 Å². The summed E-state index contributed by atoms with van der Waals surface area (Å²) in [6.45, 7) is 2.08. The Morgan fingerprint density at radius 3 is 2.72 bits per heavy atom. The van der Waals surface area contributed by atoms with Crippen LogP contribution in [0.5, 0.6) is 0 Å².